The third kappa shape index (κ3) is 3.36. The van der Waals surface area contributed by atoms with Gasteiger partial charge in [0.2, 0.25) is 0 Å². The number of aryl methyl sites for hydroxylation is 1. The van der Waals surface area contributed by atoms with Gasteiger partial charge >= 0.3 is 5.97 Å². The Labute approximate surface area is 119 Å². The second-order valence-corrected chi connectivity index (χ2v) is 6.08. The molecule has 7 heteroatoms. The maximum Gasteiger partial charge on any atom is 0.313 e. The second kappa shape index (κ2) is 6.21. The highest BCUT2D eigenvalue weighted by atomic mass is 32.2. The van der Waals surface area contributed by atoms with Crippen LogP contribution in [-0.4, -0.2) is 31.4 Å². The molecule has 0 aliphatic rings. The molecule has 0 amide bonds. The van der Waals surface area contributed by atoms with Crippen molar-refractivity contribution in [1.29, 1.82) is 0 Å². The Morgan fingerprint density at radius 3 is 3.00 bits per heavy atom. The summed E-state index contributed by atoms with van der Waals surface area (Å²) in [5.74, 6) is -0.823. The van der Waals surface area contributed by atoms with Crippen LogP contribution < -0.4 is 0 Å². The third-order valence-electron chi connectivity index (χ3n) is 2.65. The molecule has 5 nitrogen and oxygen atoms in total. The second-order valence-electron chi connectivity index (χ2n) is 3.99. The van der Waals surface area contributed by atoms with Gasteiger partial charge in [0.05, 0.1) is 11.8 Å². The summed E-state index contributed by atoms with van der Waals surface area (Å²) >= 11 is 2.91. The summed E-state index contributed by atoms with van der Waals surface area (Å²) in [7, 11) is 0. The number of carboxylic acid groups (broad SMARTS) is 1. The molecule has 2 rings (SSSR count). The summed E-state index contributed by atoms with van der Waals surface area (Å²) in [6.07, 6.45) is 6.43. The van der Waals surface area contributed by atoms with Gasteiger partial charge in [-0.1, -0.05) is 18.7 Å². The van der Waals surface area contributed by atoms with E-state index in [-0.39, 0.29) is 11.8 Å². The number of carbonyl (C=O) groups is 1. The van der Waals surface area contributed by atoms with Crippen molar-refractivity contribution in [3.63, 3.8) is 0 Å². The van der Waals surface area contributed by atoms with E-state index in [2.05, 4.69) is 16.9 Å². The van der Waals surface area contributed by atoms with Crippen LogP contribution in [-0.2, 0) is 11.2 Å². The van der Waals surface area contributed by atoms with Crippen LogP contribution in [0.5, 0.6) is 0 Å². The average Bonchev–Trinajstić information content (AvgIpc) is 3.04. The van der Waals surface area contributed by atoms with Crippen molar-refractivity contribution in [2.45, 2.75) is 31.5 Å². The number of thioether (sulfide) groups is 1. The standard InChI is InChI=1S/C12H15N3O2S2/c1-3-9-6-14-11(19-9)8(2)15-5-4-13-12(15)18-7-10(16)17/h4-6,8H,3,7H2,1-2H3,(H,16,17). The first kappa shape index (κ1) is 14.1. The minimum Gasteiger partial charge on any atom is -0.481 e. The molecule has 2 aromatic rings. The monoisotopic (exact) mass is 297 g/mol. The van der Waals surface area contributed by atoms with E-state index in [1.54, 1.807) is 17.5 Å². The van der Waals surface area contributed by atoms with E-state index in [4.69, 9.17) is 5.11 Å². The highest BCUT2D eigenvalue weighted by molar-refractivity contribution is 7.99. The Morgan fingerprint density at radius 2 is 2.37 bits per heavy atom. The van der Waals surface area contributed by atoms with Crippen LogP contribution >= 0.6 is 23.1 Å². The van der Waals surface area contributed by atoms with Crippen LogP contribution in [0.4, 0.5) is 0 Å². The van der Waals surface area contributed by atoms with Gasteiger partial charge in [0.1, 0.15) is 5.01 Å². The molecule has 2 aromatic heterocycles. The summed E-state index contributed by atoms with van der Waals surface area (Å²) in [5.41, 5.74) is 0. The zero-order chi connectivity index (χ0) is 13.8. The van der Waals surface area contributed by atoms with E-state index in [0.717, 1.165) is 11.4 Å². The molecule has 0 bridgehead atoms. The predicted molar refractivity (Wildman–Crippen MR) is 75.9 cm³/mol. The van der Waals surface area contributed by atoms with E-state index in [0.29, 0.717) is 5.16 Å². The molecule has 0 saturated carbocycles. The SMILES string of the molecule is CCc1cnc(C(C)n2ccnc2SCC(=O)O)s1. The first-order chi connectivity index (χ1) is 9.11. The van der Waals surface area contributed by atoms with Gasteiger partial charge in [-0.05, 0) is 13.3 Å². The molecule has 0 spiro atoms. The molecule has 1 atom stereocenters. The normalized spacial score (nSPS) is 12.5. The minimum absolute atomic E-state index is 0.0157. The Kier molecular flexibility index (Phi) is 4.60. The number of hydrogen-bond donors (Lipinski definition) is 1. The molecule has 0 radical (unpaired) electrons. The number of nitrogens with zero attached hydrogens (tertiary/aromatic N) is 3. The number of aliphatic carboxylic acids is 1. The van der Waals surface area contributed by atoms with Crippen LogP contribution in [0, 0.1) is 0 Å². The maximum atomic E-state index is 10.6. The number of aromatic nitrogens is 3. The van der Waals surface area contributed by atoms with E-state index >= 15 is 0 Å². The molecule has 1 N–H and O–H groups in total. The van der Waals surface area contributed by atoms with Gasteiger partial charge in [-0.2, -0.15) is 0 Å². The van der Waals surface area contributed by atoms with Crippen molar-refractivity contribution in [1.82, 2.24) is 14.5 Å². The summed E-state index contributed by atoms with van der Waals surface area (Å²) < 4.78 is 1.96. The Bertz CT molecular complexity index is 565. The zero-order valence-corrected chi connectivity index (χ0v) is 12.4. The molecular weight excluding hydrogens is 282 g/mol. The van der Waals surface area contributed by atoms with E-state index in [9.17, 15) is 4.79 Å². The lowest BCUT2D eigenvalue weighted by Crippen LogP contribution is -2.08. The molecule has 2 heterocycles. The lowest BCUT2D eigenvalue weighted by Gasteiger charge is -2.13. The lowest BCUT2D eigenvalue weighted by molar-refractivity contribution is -0.133. The number of carboxylic acids is 1. The summed E-state index contributed by atoms with van der Waals surface area (Å²) in [5, 5.41) is 10.5. The molecule has 1 unspecified atom stereocenters. The van der Waals surface area contributed by atoms with Gasteiger partial charge in [0.15, 0.2) is 5.16 Å². The summed E-state index contributed by atoms with van der Waals surface area (Å²) in [6, 6.07) is 0.0732. The third-order valence-corrected chi connectivity index (χ3v) is 4.93. The highest BCUT2D eigenvalue weighted by Gasteiger charge is 2.16. The number of thiazole rings is 1. The lowest BCUT2D eigenvalue weighted by atomic mass is 10.3. The molecule has 0 saturated heterocycles. The molecular formula is C12H15N3O2S2. The topological polar surface area (TPSA) is 68.0 Å². The maximum absolute atomic E-state index is 10.6. The highest BCUT2D eigenvalue weighted by Crippen LogP contribution is 2.27. The molecule has 0 fully saturated rings. The van der Waals surface area contributed by atoms with E-state index in [1.165, 1.54) is 16.6 Å². The Morgan fingerprint density at radius 1 is 1.58 bits per heavy atom. The van der Waals surface area contributed by atoms with Crippen molar-refractivity contribution in [3.8, 4) is 0 Å². The quantitative estimate of drug-likeness (QED) is 0.830. The van der Waals surface area contributed by atoms with Crippen LogP contribution in [0.25, 0.3) is 0 Å². The fourth-order valence-electron chi connectivity index (χ4n) is 1.63. The smallest absolute Gasteiger partial charge is 0.313 e. The largest absolute Gasteiger partial charge is 0.481 e. The first-order valence-corrected chi connectivity index (χ1v) is 7.74. The number of hydrogen-bond acceptors (Lipinski definition) is 5. The Hall–Kier alpha value is -1.34. The van der Waals surface area contributed by atoms with Crippen molar-refractivity contribution in [2.75, 3.05) is 5.75 Å². The minimum atomic E-state index is -0.838. The van der Waals surface area contributed by atoms with Crippen molar-refractivity contribution < 1.29 is 9.90 Å². The van der Waals surface area contributed by atoms with Crippen LogP contribution in [0.2, 0.25) is 0 Å². The molecule has 0 aliphatic carbocycles. The van der Waals surface area contributed by atoms with Crippen LogP contribution in [0.15, 0.2) is 23.7 Å². The first-order valence-electron chi connectivity index (χ1n) is 5.93. The Balaban J connectivity index is 2.16. The van der Waals surface area contributed by atoms with Gasteiger partial charge < -0.3 is 9.67 Å². The van der Waals surface area contributed by atoms with Gasteiger partial charge in [-0.15, -0.1) is 11.3 Å². The average molecular weight is 297 g/mol. The molecule has 19 heavy (non-hydrogen) atoms. The van der Waals surface area contributed by atoms with Gasteiger partial charge in [0, 0.05) is 23.5 Å². The molecule has 0 aromatic carbocycles. The van der Waals surface area contributed by atoms with Crippen LogP contribution in [0.3, 0.4) is 0 Å². The molecule has 102 valence electrons. The van der Waals surface area contributed by atoms with Crippen LogP contribution in [0.1, 0.15) is 29.8 Å². The number of rotatable bonds is 6. The fraction of sp³-hybridized carbons (Fsp3) is 0.417. The zero-order valence-electron chi connectivity index (χ0n) is 10.7. The summed E-state index contributed by atoms with van der Waals surface area (Å²) in [4.78, 5) is 20.5. The predicted octanol–water partition coefficient (Wildman–Crippen LogP) is 2.69. The fourth-order valence-corrected chi connectivity index (χ4v) is 3.29. The van der Waals surface area contributed by atoms with Crippen molar-refractivity contribution in [2.24, 2.45) is 0 Å². The summed E-state index contributed by atoms with van der Waals surface area (Å²) in [6.45, 7) is 4.15. The van der Waals surface area contributed by atoms with E-state index in [1.807, 2.05) is 23.9 Å². The van der Waals surface area contributed by atoms with Crippen molar-refractivity contribution >= 4 is 29.1 Å². The van der Waals surface area contributed by atoms with Crippen molar-refractivity contribution in [3.05, 3.63) is 28.5 Å². The number of imidazole rings is 1. The molecule has 0 aliphatic heterocycles. The van der Waals surface area contributed by atoms with Gasteiger partial charge in [-0.25, -0.2) is 9.97 Å². The van der Waals surface area contributed by atoms with Gasteiger partial charge in [-0.3, -0.25) is 4.79 Å². The van der Waals surface area contributed by atoms with Gasteiger partial charge in [0.25, 0.3) is 0 Å². The van der Waals surface area contributed by atoms with E-state index < -0.39 is 5.97 Å².